The van der Waals surface area contributed by atoms with Gasteiger partial charge in [-0.25, -0.2) is 4.98 Å². The fourth-order valence-electron chi connectivity index (χ4n) is 3.18. The van der Waals surface area contributed by atoms with Crippen LogP contribution in [-0.4, -0.2) is 51.8 Å². The fraction of sp³-hybridized carbons (Fsp3) is 0.471. The van der Waals surface area contributed by atoms with Crippen molar-refractivity contribution in [1.82, 2.24) is 19.7 Å². The number of rotatable bonds is 3. The first kappa shape index (κ1) is 19.7. The zero-order valence-electron chi connectivity index (χ0n) is 14.9. The molecule has 1 saturated heterocycles. The lowest BCUT2D eigenvalue weighted by Gasteiger charge is -2.37. The lowest BCUT2D eigenvalue weighted by atomic mass is 10.0. The Morgan fingerprint density at radius 3 is 2.48 bits per heavy atom. The van der Waals surface area contributed by atoms with Gasteiger partial charge in [-0.3, -0.25) is 9.48 Å². The molecule has 0 aliphatic carbocycles. The summed E-state index contributed by atoms with van der Waals surface area (Å²) in [7, 11) is 3.52. The van der Waals surface area contributed by atoms with Gasteiger partial charge in [0.05, 0.1) is 21.8 Å². The third-order valence-electron chi connectivity index (χ3n) is 4.73. The molecule has 1 aliphatic heterocycles. The van der Waals surface area contributed by atoms with Crippen LogP contribution in [0.25, 0.3) is 0 Å². The summed E-state index contributed by atoms with van der Waals surface area (Å²) in [4.78, 5) is 20.2. The SMILES string of the molecule is CN(C(=O)c1cnn(C)c1)C1CCN(c2ncc(C(F)(F)F)cc2Br)CC1. The number of nitrogens with zero attached hydrogens (tertiary/aromatic N) is 5. The molecule has 0 atom stereocenters. The van der Waals surface area contributed by atoms with Crippen molar-refractivity contribution in [1.29, 1.82) is 0 Å². The molecule has 0 spiro atoms. The average Bonchev–Trinajstić information content (AvgIpc) is 3.06. The summed E-state index contributed by atoms with van der Waals surface area (Å²) in [5, 5.41) is 4.02. The van der Waals surface area contributed by atoms with E-state index in [9.17, 15) is 18.0 Å². The molecule has 10 heteroatoms. The normalized spacial score (nSPS) is 15.9. The van der Waals surface area contributed by atoms with Gasteiger partial charge in [-0.05, 0) is 34.8 Å². The highest BCUT2D eigenvalue weighted by Gasteiger charge is 2.33. The van der Waals surface area contributed by atoms with Crippen molar-refractivity contribution in [3.05, 3.63) is 40.3 Å². The second-order valence-electron chi connectivity index (χ2n) is 6.56. The first-order chi connectivity index (χ1) is 12.7. The summed E-state index contributed by atoms with van der Waals surface area (Å²) in [5.74, 6) is 0.401. The third-order valence-corrected chi connectivity index (χ3v) is 5.32. The van der Waals surface area contributed by atoms with Crippen molar-refractivity contribution in [3.8, 4) is 0 Å². The van der Waals surface area contributed by atoms with E-state index < -0.39 is 11.7 Å². The summed E-state index contributed by atoms with van der Waals surface area (Å²) in [6.07, 6.45) is 1.06. The highest BCUT2D eigenvalue weighted by Crippen LogP contribution is 2.34. The Bertz CT molecular complexity index is 830. The highest BCUT2D eigenvalue weighted by atomic mass is 79.9. The lowest BCUT2D eigenvalue weighted by Crippen LogP contribution is -2.46. The molecule has 3 heterocycles. The number of pyridine rings is 1. The van der Waals surface area contributed by atoms with Crippen LogP contribution in [0.15, 0.2) is 29.1 Å². The maximum atomic E-state index is 12.8. The van der Waals surface area contributed by atoms with Crippen LogP contribution in [0.3, 0.4) is 0 Å². The molecule has 1 fully saturated rings. The molecule has 6 nitrogen and oxygen atoms in total. The molecule has 146 valence electrons. The predicted molar refractivity (Wildman–Crippen MR) is 97.5 cm³/mol. The van der Waals surface area contributed by atoms with E-state index in [0.29, 0.717) is 41.8 Å². The molecule has 27 heavy (non-hydrogen) atoms. The van der Waals surface area contributed by atoms with Gasteiger partial charge < -0.3 is 9.80 Å². The van der Waals surface area contributed by atoms with Crippen molar-refractivity contribution >= 4 is 27.7 Å². The van der Waals surface area contributed by atoms with Crippen LogP contribution < -0.4 is 4.90 Å². The number of amides is 1. The van der Waals surface area contributed by atoms with Crippen LogP contribution in [0.4, 0.5) is 19.0 Å². The molecule has 0 radical (unpaired) electrons. The Morgan fingerprint density at radius 1 is 1.30 bits per heavy atom. The number of aromatic nitrogens is 3. The smallest absolute Gasteiger partial charge is 0.356 e. The first-order valence-corrected chi connectivity index (χ1v) is 9.19. The zero-order chi connectivity index (χ0) is 19.8. The third kappa shape index (κ3) is 4.26. The van der Waals surface area contributed by atoms with Gasteiger partial charge in [0.2, 0.25) is 0 Å². The Labute approximate surface area is 163 Å². The minimum Gasteiger partial charge on any atom is -0.356 e. The summed E-state index contributed by atoms with van der Waals surface area (Å²) in [5.41, 5.74) is -0.246. The van der Waals surface area contributed by atoms with Crippen molar-refractivity contribution < 1.29 is 18.0 Å². The van der Waals surface area contributed by atoms with E-state index in [0.717, 1.165) is 12.3 Å². The Kier molecular flexibility index (Phi) is 5.45. The lowest BCUT2D eigenvalue weighted by molar-refractivity contribution is -0.137. The number of anilines is 1. The number of carbonyl (C=O) groups excluding carboxylic acids is 1. The van der Waals surface area contributed by atoms with E-state index in [-0.39, 0.29) is 11.9 Å². The highest BCUT2D eigenvalue weighted by molar-refractivity contribution is 9.10. The maximum Gasteiger partial charge on any atom is 0.417 e. The Hall–Kier alpha value is -2.10. The number of aryl methyl sites for hydroxylation is 1. The van der Waals surface area contributed by atoms with E-state index in [4.69, 9.17) is 0 Å². The van der Waals surface area contributed by atoms with Crippen molar-refractivity contribution in [2.45, 2.75) is 25.1 Å². The van der Waals surface area contributed by atoms with Crippen LogP contribution >= 0.6 is 15.9 Å². The summed E-state index contributed by atoms with van der Waals surface area (Å²) >= 11 is 3.20. The van der Waals surface area contributed by atoms with Crippen LogP contribution in [-0.2, 0) is 13.2 Å². The zero-order valence-corrected chi connectivity index (χ0v) is 16.5. The van der Waals surface area contributed by atoms with Gasteiger partial charge in [-0.2, -0.15) is 18.3 Å². The molecular weight excluding hydrogens is 427 g/mol. The molecule has 1 aliphatic rings. The van der Waals surface area contributed by atoms with Gasteiger partial charge in [-0.15, -0.1) is 0 Å². The number of hydrogen-bond acceptors (Lipinski definition) is 4. The molecular formula is C17H19BrF3N5O. The van der Waals surface area contributed by atoms with E-state index in [1.165, 1.54) is 6.20 Å². The van der Waals surface area contributed by atoms with Gasteiger partial charge >= 0.3 is 6.18 Å². The molecule has 2 aromatic heterocycles. The van der Waals surface area contributed by atoms with Gasteiger partial charge in [0.15, 0.2) is 0 Å². The van der Waals surface area contributed by atoms with Crippen LogP contribution in [0.5, 0.6) is 0 Å². The summed E-state index contributed by atoms with van der Waals surface area (Å²) in [6, 6.07) is 1.11. The molecule has 0 bridgehead atoms. The number of alkyl halides is 3. The standard InChI is InChI=1S/C17H19BrF3N5O/c1-24-10-11(8-23-24)16(27)25(2)13-3-5-26(6-4-13)15-14(18)7-12(9-22-15)17(19,20)21/h7-10,13H,3-6H2,1-2H3. The molecule has 1 amide bonds. The van der Waals surface area contributed by atoms with E-state index in [1.807, 2.05) is 4.90 Å². The molecule has 3 rings (SSSR count). The largest absolute Gasteiger partial charge is 0.417 e. The quantitative estimate of drug-likeness (QED) is 0.726. The van der Waals surface area contributed by atoms with Gasteiger partial charge in [0, 0.05) is 45.6 Å². The molecule has 0 saturated carbocycles. The Balaban J connectivity index is 1.64. The van der Waals surface area contributed by atoms with Crippen LogP contribution in [0.1, 0.15) is 28.8 Å². The second-order valence-corrected chi connectivity index (χ2v) is 7.42. The monoisotopic (exact) mass is 445 g/mol. The number of halogens is 4. The molecule has 0 N–H and O–H groups in total. The fourth-order valence-corrected chi connectivity index (χ4v) is 3.78. The molecule has 0 unspecified atom stereocenters. The average molecular weight is 446 g/mol. The summed E-state index contributed by atoms with van der Waals surface area (Å²) < 4.78 is 40.2. The molecule has 0 aromatic carbocycles. The van der Waals surface area contributed by atoms with Gasteiger partial charge in [0.1, 0.15) is 5.82 Å². The van der Waals surface area contributed by atoms with Crippen molar-refractivity contribution in [2.24, 2.45) is 7.05 Å². The second kappa shape index (κ2) is 7.49. The van der Waals surface area contributed by atoms with Gasteiger partial charge in [-0.1, -0.05) is 0 Å². The van der Waals surface area contributed by atoms with E-state index in [1.54, 1.807) is 29.9 Å². The minimum atomic E-state index is -4.42. The van der Waals surface area contributed by atoms with Crippen LogP contribution in [0, 0.1) is 0 Å². The maximum absolute atomic E-state index is 12.8. The number of hydrogen-bond donors (Lipinski definition) is 0. The van der Waals surface area contributed by atoms with Crippen molar-refractivity contribution in [3.63, 3.8) is 0 Å². The topological polar surface area (TPSA) is 54.3 Å². The van der Waals surface area contributed by atoms with E-state index in [2.05, 4.69) is 26.0 Å². The van der Waals surface area contributed by atoms with Crippen molar-refractivity contribution in [2.75, 3.05) is 25.0 Å². The van der Waals surface area contributed by atoms with Gasteiger partial charge in [0.25, 0.3) is 5.91 Å². The number of piperidine rings is 1. The van der Waals surface area contributed by atoms with E-state index >= 15 is 0 Å². The summed E-state index contributed by atoms with van der Waals surface area (Å²) in [6.45, 7) is 1.21. The predicted octanol–water partition coefficient (Wildman–Crippen LogP) is 3.34. The first-order valence-electron chi connectivity index (χ1n) is 8.40. The molecule has 2 aromatic rings. The number of carbonyl (C=O) groups is 1. The van der Waals surface area contributed by atoms with Crippen LogP contribution in [0.2, 0.25) is 0 Å². The minimum absolute atomic E-state index is 0.0576. The Morgan fingerprint density at radius 2 is 1.96 bits per heavy atom.